The summed E-state index contributed by atoms with van der Waals surface area (Å²) in [4.78, 5) is 23.2. The van der Waals surface area contributed by atoms with Crippen LogP contribution in [0.2, 0.25) is 0 Å². The maximum atomic E-state index is 12.1. The van der Waals surface area contributed by atoms with Gasteiger partial charge in [-0.15, -0.1) is 0 Å². The fourth-order valence-corrected chi connectivity index (χ4v) is 3.03. The molecule has 3 N–H and O–H groups in total. The van der Waals surface area contributed by atoms with E-state index in [1.165, 1.54) is 0 Å². The molecule has 0 radical (unpaired) electrons. The number of rotatable bonds is 7. The third-order valence-corrected chi connectivity index (χ3v) is 4.56. The molecular weight excluding hydrogens is 372 g/mol. The molecule has 0 spiro atoms. The Kier molecular flexibility index (Phi) is 7.07. The van der Waals surface area contributed by atoms with E-state index in [-0.39, 0.29) is 6.03 Å². The lowest BCUT2D eigenvalue weighted by Gasteiger charge is -2.28. The van der Waals surface area contributed by atoms with E-state index >= 15 is 0 Å². The average Bonchev–Trinajstić information content (AvgIpc) is 2.73. The predicted octanol–water partition coefficient (Wildman–Crippen LogP) is 2.17. The predicted molar refractivity (Wildman–Crippen MR) is 113 cm³/mol. The lowest BCUT2D eigenvalue weighted by molar-refractivity contribution is 0.122. The van der Waals surface area contributed by atoms with Crippen molar-refractivity contribution in [1.82, 2.24) is 15.3 Å². The Bertz CT molecular complexity index is 839. The summed E-state index contributed by atoms with van der Waals surface area (Å²) >= 11 is 0. The normalized spacial score (nSPS) is 13.7. The molecule has 29 heavy (non-hydrogen) atoms. The van der Waals surface area contributed by atoms with Crippen molar-refractivity contribution in [2.75, 3.05) is 62.0 Å². The van der Waals surface area contributed by atoms with E-state index in [4.69, 9.17) is 9.47 Å². The Morgan fingerprint density at radius 1 is 1.17 bits per heavy atom. The molecule has 0 saturated carbocycles. The standard InChI is InChI=1S/C20H28N6O3/c1-14-12-16(28-3)4-5-17(14)25-20(27)22-7-6-21-18-13-19(24-15(2)23-18)26-8-10-29-11-9-26/h4-5,12-13H,6-11H2,1-3H3,(H,21,23,24)(H2,22,25,27). The van der Waals surface area contributed by atoms with Gasteiger partial charge in [0.15, 0.2) is 0 Å². The van der Waals surface area contributed by atoms with Crippen LogP contribution in [0, 0.1) is 13.8 Å². The van der Waals surface area contributed by atoms with Crippen LogP contribution in [0.1, 0.15) is 11.4 Å². The highest BCUT2D eigenvalue weighted by Gasteiger charge is 2.14. The van der Waals surface area contributed by atoms with Gasteiger partial charge in [0.2, 0.25) is 0 Å². The highest BCUT2D eigenvalue weighted by Crippen LogP contribution is 2.21. The highest BCUT2D eigenvalue weighted by atomic mass is 16.5. The summed E-state index contributed by atoms with van der Waals surface area (Å²) in [6, 6.07) is 7.18. The van der Waals surface area contributed by atoms with Crippen molar-refractivity contribution in [3.05, 3.63) is 35.7 Å². The van der Waals surface area contributed by atoms with Gasteiger partial charge in [0.1, 0.15) is 23.2 Å². The zero-order valence-corrected chi connectivity index (χ0v) is 17.1. The molecule has 1 fully saturated rings. The van der Waals surface area contributed by atoms with Crippen LogP contribution in [0.3, 0.4) is 0 Å². The largest absolute Gasteiger partial charge is 0.497 e. The van der Waals surface area contributed by atoms with Gasteiger partial charge in [0, 0.05) is 37.9 Å². The summed E-state index contributed by atoms with van der Waals surface area (Å²) in [5.74, 6) is 3.10. The first-order chi connectivity index (χ1) is 14.0. The number of nitrogens with zero attached hydrogens (tertiary/aromatic N) is 3. The number of amides is 2. The third kappa shape index (κ3) is 5.95. The number of anilines is 3. The minimum Gasteiger partial charge on any atom is -0.497 e. The smallest absolute Gasteiger partial charge is 0.319 e. The van der Waals surface area contributed by atoms with Crippen molar-refractivity contribution >= 4 is 23.4 Å². The molecule has 2 amide bonds. The fourth-order valence-electron chi connectivity index (χ4n) is 3.03. The SMILES string of the molecule is COc1ccc(NC(=O)NCCNc2cc(N3CCOCC3)nc(C)n2)c(C)c1. The van der Waals surface area contributed by atoms with Crippen LogP contribution in [0.4, 0.5) is 22.1 Å². The maximum Gasteiger partial charge on any atom is 0.319 e. The Balaban J connectivity index is 1.46. The van der Waals surface area contributed by atoms with E-state index in [0.29, 0.717) is 32.1 Å². The van der Waals surface area contributed by atoms with Crippen LogP contribution in [0.5, 0.6) is 5.75 Å². The molecule has 3 rings (SSSR count). The van der Waals surface area contributed by atoms with E-state index in [0.717, 1.165) is 41.7 Å². The van der Waals surface area contributed by atoms with Crippen LogP contribution in [-0.4, -0.2) is 62.5 Å². The topological polar surface area (TPSA) is 101 Å². The van der Waals surface area contributed by atoms with Crippen LogP contribution >= 0.6 is 0 Å². The molecule has 1 aliphatic rings. The second-order valence-electron chi connectivity index (χ2n) is 6.75. The summed E-state index contributed by atoms with van der Waals surface area (Å²) in [6.45, 7) is 7.86. The second-order valence-corrected chi connectivity index (χ2v) is 6.75. The molecule has 1 aromatic heterocycles. The molecule has 1 aliphatic heterocycles. The maximum absolute atomic E-state index is 12.1. The third-order valence-electron chi connectivity index (χ3n) is 4.56. The quantitative estimate of drug-likeness (QED) is 0.613. The lowest BCUT2D eigenvalue weighted by Crippen LogP contribution is -2.37. The summed E-state index contributed by atoms with van der Waals surface area (Å²) < 4.78 is 10.6. The minimum atomic E-state index is -0.257. The van der Waals surface area contributed by atoms with Crippen LogP contribution in [0.25, 0.3) is 0 Å². The average molecular weight is 400 g/mol. The molecule has 0 unspecified atom stereocenters. The minimum absolute atomic E-state index is 0.257. The number of morpholine rings is 1. The van der Waals surface area contributed by atoms with Crippen molar-refractivity contribution in [2.45, 2.75) is 13.8 Å². The van der Waals surface area contributed by atoms with Crippen LogP contribution in [-0.2, 0) is 4.74 Å². The summed E-state index contributed by atoms with van der Waals surface area (Å²) in [7, 11) is 1.62. The van der Waals surface area contributed by atoms with E-state index in [1.807, 2.05) is 38.1 Å². The number of carbonyl (C=O) groups is 1. The van der Waals surface area contributed by atoms with Gasteiger partial charge in [-0.1, -0.05) is 0 Å². The molecule has 2 aromatic rings. The van der Waals surface area contributed by atoms with Gasteiger partial charge in [-0.3, -0.25) is 0 Å². The van der Waals surface area contributed by atoms with Gasteiger partial charge >= 0.3 is 6.03 Å². The Hall–Kier alpha value is -3.07. The van der Waals surface area contributed by atoms with E-state index < -0.39 is 0 Å². The zero-order valence-electron chi connectivity index (χ0n) is 17.1. The summed E-state index contributed by atoms with van der Waals surface area (Å²) in [6.07, 6.45) is 0. The van der Waals surface area contributed by atoms with Crippen molar-refractivity contribution in [3.8, 4) is 5.75 Å². The Morgan fingerprint density at radius 2 is 1.97 bits per heavy atom. The number of hydrogen-bond donors (Lipinski definition) is 3. The number of nitrogens with one attached hydrogen (secondary N) is 3. The number of ether oxygens (including phenoxy) is 2. The number of hydrogen-bond acceptors (Lipinski definition) is 7. The molecule has 1 saturated heterocycles. The van der Waals surface area contributed by atoms with E-state index in [2.05, 4.69) is 30.8 Å². The molecule has 1 aromatic carbocycles. The molecular formula is C20H28N6O3. The molecule has 0 bridgehead atoms. The zero-order chi connectivity index (χ0) is 20.6. The first-order valence-corrected chi connectivity index (χ1v) is 9.67. The number of aryl methyl sites for hydroxylation is 2. The molecule has 0 atom stereocenters. The Morgan fingerprint density at radius 3 is 2.69 bits per heavy atom. The Labute approximate surface area is 170 Å². The van der Waals surface area contributed by atoms with Gasteiger partial charge < -0.3 is 30.3 Å². The second kappa shape index (κ2) is 9.92. The monoisotopic (exact) mass is 400 g/mol. The molecule has 156 valence electrons. The number of urea groups is 1. The summed E-state index contributed by atoms with van der Waals surface area (Å²) in [5, 5.41) is 8.92. The number of benzene rings is 1. The number of carbonyl (C=O) groups excluding carboxylic acids is 1. The van der Waals surface area contributed by atoms with E-state index in [9.17, 15) is 4.79 Å². The molecule has 9 nitrogen and oxygen atoms in total. The lowest BCUT2D eigenvalue weighted by atomic mass is 10.2. The first kappa shape index (κ1) is 20.7. The highest BCUT2D eigenvalue weighted by molar-refractivity contribution is 5.90. The van der Waals surface area contributed by atoms with Gasteiger partial charge in [0.25, 0.3) is 0 Å². The van der Waals surface area contributed by atoms with E-state index in [1.54, 1.807) is 7.11 Å². The number of methoxy groups -OCH3 is 1. The van der Waals surface area contributed by atoms with Crippen LogP contribution in [0.15, 0.2) is 24.3 Å². The number of aromatic nitrogens is 2. The molecule has 9 heteroatoms. The molecule has 2 heterocycles. The fraction of sp³-hybridized carbons (Fsp3) is 0.450. The summed E-state index contributed by atoms with van der Waals surface area (Å²) in [5.41, 5.74) is 1.68. The van der Waals surface area contributed by atoms with Gasteiger partial charge in [-0.2, -0.15) is 0 Å². The van der Waals surface area contributed by atoms with Gasteiger partial charge in [-0.05, 0) is 37.6 Å². The van der Waals surface area contributed by atoms with Crippen molar-refractivity contribution in [3.63, 3.8) is 0 Å². The van der Waals surface area contributed by atoms with Crippen molar-refractivity contribution < 1.29 is 14.3 Å². The van der Waals surface area contributed by atoms with Gasteiger partial charge in [-0.25, -0.2) is 14.8 Å². The van der Waals surface area contributed by atoms with Crippen molar-refractivity contribution in [1.29, 1.82) is 0 Å². The van der Waals surface area contributed by atoms with Crippen molar-refractivity contribution in [2.24, 2.45) is 0 Å². The first-order valence-electron chi connectivity index (χ1n) is 9.67. The van der Waals surface area contributed by atoms with Crippen LogP contribution < -0.4 is 25.6 Å². The van der Waals surface area contributed by atoms with Gasteiger partial charge in [0.05, 0.1) is 20.3 Å². The molecule has 0 aliphatic carbocycles.